The molecule has 0 fully saturated rings. The van der Waals surface area contributed by atoms with Crippen LogP contribution in [-0.2, 0) is 10.7 Å². The first-order valence-corrected chi connectivity index (χ1v) is 11.2. The molecular formula is C21H20ClFIN7O. The summed E-state index contributed by atoms with van der Waals surface area (Å²) in [6.45, 7) is 3.67. The van der Waals surface area contributed by atoms with Crippen molar-refractivity contribution in [3.05, 3.63) is 52.7 Å². The third-order valence-corrected chi connectivity index (χ3v) is 5.89. The van der Waals surface area contributed by atoms with Gasteiger partial charge in [-0.3, -0.25) is 9.89 Å². The Labute approximate surface area is 202 Å². The van der Waals surface area contributed by atoms with Crippen molar-refractivity contribution in [1.29, 1.82) is 0 Å². The first-order valence-electron chi connectivity index (χ1n) is 9.79. The van der Waals surface area contributed by atoms with Gasteiger partial charge in [-0.1, -0.05) is 17.7 Å². The van der Waals surface area contributed by atoms with E-state index in [-0.39, 0.29) is 17.0 Å². The zero-order chi connectivity index (χ0) is 23.0. The molecule has 2 aromatic carbocycles. The summed E-state index contributed by atoms with van der Waals surface area (Å²) in [5.74, 6) is 0.520. The largest absolute Gasteiger partial charge is 0.352 e. The Hall–Kier alpha value is -2.73. The van der Waals surface area contributed by atoms with E-state index in [0.29, 0.717) is 34.6 Å². The summed E-state index contributed by atoms with van der Waals surface area (Å²) in [5.41, 5.74) is 2.61. The fourth-order valence-corrected chi connectivity index (χ4v) is 4.02. The van der Waals surface area contributed by atoms with Gasteiger partial charge < -0.3 is 10.6 Å². The molecule has 0 aliphatic carbocycles. The second kappa shape index (κ2) is 8.66. The molecule has 0 saturated heterocycles. The third kappa shape index (κ3) is 4.29. The topological polar surface area (TPSA) is 101 Å². The van der Waals surface area contributed by atoms with E-state index in [2.05, 4.69) is 30.9 Å². The monoisotopic (exact) mass is 567 g/mol. The smallest absolute Gasteiger partial charge is 0.251 e. The molecule has 0 aliphatic rings. The lowest BCUT2D eigenvalue weighted by Gasteiger charge is -2.18. The predicted molar refractivity (Wildman–Crippen MR) is 131 cm³/mol. The number of halogens is 3. The molecule has 3 N–H and O–H groups in total. The zero-order valence-electron chi connectivity index (χ0n) is 17.5. The van der Waals surface area contributed by atoms with Gasteiger partial charge in [-0.05, 0) is 60.7 Å². The highest BCUT2D eigenvalue weighted by atomic mass is 127. The highest BCUT2D eigenvalue weighted by molar-refractivity contribution is 14.1. The lowest BCUT2D eigenvalue weighted by atomic mass is 9.99. The molecule has 4 aromatic rings. The van der Waals surface area contributed by atoms with Crippen LogP contribution in [0.4, 0.5) is 16.0 Å². The van der Waals surface area contributed by atoms with E-state index in [9.17, 15) is 9.18 Å². The van der Waals surface area contributed by atoms with Gasteiger partial charge in [0.2, 0.25) is 5.95 Å². The van der Waals surface area contributed by atoms with E-state index in [1.165, 1.54) is 6.92 Å². The third-order valence-electron chi connectivity index (χ3n) is 4.90. The van der Waals surface area contributed by atoms with E-state index >= 15 is 0 Å². The Balaban J connectivity index is 1.70. The quantitative estimate of drug-likeness (QED) is 0.223. The van der Waals surface area contributed by atoms with Crippen LogP contribution in [0.2, 0.25) is 5.02 Å². The van der Waals surface area contributed by atoms with Crippen molar-refractivity contribution in [3.63, 3.8) is 0 Å². The molecule has 0 aliphatic heterocycles. The molecule has 8 nitrogen and oxygen atoms in total. The van der Waals surface area contributed by atoms with Crippen molar-refractivity contribution >= 4 is 62.6 Å². The van der Waals surface area contributed by atoms with Crippen molar-refractivity contribution in [2.75, 3.05) is 11.9 Å². The Morgan fingerprint density at radius 1 is 1.34 bits per heavy atom. The van der Waals surface area contributed by atoms with Gasteiger partial charge in [0, 0.05) is 35.7 Å². The van der Waals surface area contributed by atoms with Gasteiger partial charge in [-0.25, -0.2) is 9.07 Å². The maximum absolute atomic E-state index is 14.9. The molecular weight excluding hydrogens is 548 g/mol. The van der Waals surface area contributed by atoms with Crippen LogP contribution >= 0.6 is 34.2 Å². The highest BCUT2D eigenvalue weighted by Crippen LogP contribution is 2.37. The zero-order valence-corrected chi connectivity index (χ0v) is 20.4. The van der Waals surface area contributed by atoms with Gasteiger partial charge >= 0.3 is 0 Å². The van der Waals surface area contributed by atoms with E-state index in [1.807, 2.05) is 19.1 Å². The lowest BCUT2D eigenvalue weighted by Crippen LogP contribution is -2.25. The second-order valence-corrected chi connectivity index (χ2v) is 9.68. The number of nitrogens with zero attached hydrogens (tertiary/aromatic N) is 4. The first-order chi connectivity index (χ1) is 15.2. The Bertz CT molecular complexity index is 1310. The number of carbonyl (C=O) groups excluding carboxylic acids is 1. The van der Waals surface area contributed by atoms with Gasteiger partial charge in [0.05, 0.1) is 22.4 Å². The molecule has 0 bridgehead atoms. The second-order valence-electron chi connectivity index (χ2n) is 7.27. The summed E-state index contributed by atoms with van der Waals surface area (Å²) < 4.78 is 14.7. The fourth-order valence-electron chi connectivity index (χ4n) is 3.32. The van der Waals surface area contributed by atoms with Crippen molar-refractivity contribution in [2.45, 2.75) is 17.5 Å². The number of fused-ring (bicyclic) bond motifs is 1. The van der Waals surface area contributed by atoms with Crippen molar-refractivity contribution in [1.82, 2.24) is 30.3 Å². The summed E-state index contributed by atoms with van der Waals surface area (Å²) >= 11 is 8.17. The number of nitrogens with one attached hydrogen (secondary N) is 3. The number of hydrogen-bond acceptors (Lipinski definition) is 5. The summed E-state index contributed by atoms with van der Waals surface area (Å²) in [6, 6.07) is 8.60. The van der Waals surface area contributed by atoms with Gasteiger partial charge in [0.25, 0.3) is 5.91 Å². The minimum absolute atomic E-state index is 0.261. The van der Waals surface area contributed by atoms with Crippen LogP contribution in [0.1, 0.15) is 29.8 Å². The molecule has 1 amide bonds. The average Bonchev–Trinajstić information content (AvgIpc) is 3.36. The van der Waals surface area contributed by atoms with Crippen LogP contribution < -0.4 is 10.6 Å². The Morgan fingerprint density at radius 2 is 2.12 bits per heavy atom. The minimum Gasteiger partial charge on any atom is -0.352 e. The van der Waals surface area contributed by atoms with E-state index < -0.39 is 3.68 Å². The molecule has 0 spiro atoms. The molecule has 1 atom stereocenters. The molecule has 1 unspecified atom stereocenters. The number of hydrogen-bond donors (Lipinski definition) is 3. The summed E-state index contributed by atoms with van der Waals surface area (Å²) in [6.07, 6.45) is 1.65. The lowest BCUT2D eigenvalue weighted by molar-refractivity contribution is 0.0952. The molecule has 0 saturated carbocycles. The highest BCUT2D eigenvalue weighted by Gasteiger charge is 2.28. The van der Waals surface area contributed by atoms with Crippen molar-refractivity contribution in [3.8, 4) is 11.4 Å². The minimum atomic E-state index is -1.75. The number of carbonyl (C=O) groups is 1. The number of aromatic amines is 1. The van der Waals surface area contributed by atoms with Crippen molar-refractivity contribution in [2.24, 2.45) is 7.05 Å². The van der Waals surface area contributed by atoms with E-state index in [0.717, 1.165) is 10.9 Å². The molecule has 2 aromatic heterocycles. The summed E-state index contributed by atoms with van der Waals surface area (Å²) in [7, 11) is 1.74. The van der Waals surface area contributed by atoms with Gasteiger partial charge in [0.15, 0.2) is 9.50 Å². The van der Waals surface area contributed by atoms with Gasteiger partial charge in [-0.2, -0.15) is 10.1 Å². The summed E-state index contributed by atoms with van der Waals surface area (Å²) in [5, 5.41) is 18.5. The Morgan fingerprint density at radius 3 is 2.84 bits per heavy atom. The number of alkyl halides is 2. The van der Waals surface area contributed by atoms with E-state index in [4.69, 9.17) is 11.6 Å². The fraction of sp³-hybridized carbons (Fsp3) is 0.238. The molecule has 0 radical (unpaired) electrons. The molecule has 166 valence electrons. The molecule has 32 heavy (non-hydrogen) atoms. The standard InChI is InChI=1S/C21H20ClFIN7O/c1-4-25-19(32)12-6-5-11(9-14(12)21(2,23)24)18-28-20(31(3)30-18)27-16-8-7-15-13(17(16)22)10-26-29-15/h5-10H,4H2,1-3H3,(H,25,32)(H,26,29)(H,27,28,30). The Kier molecular flexibility index (Phi) is 6.08. The molecule has 2 heterocycles. The van der Waals surface area contributed by atoms with Crippen LogP contribution in [0.3, 0.4) is 0 Å². The molecule has 4 rings (SSSR count). The number of rotatable bonds is 6. The van der Waals surface area contributed by atoms with Crippen LogP contribution in [0.5, 0.6) is 0 Å². The average molecular weight is 568 g/mol. The molecule has 11 heteroatoms. The van der Waals surface area contributed by atoms with Crippen LogP contribution in [0.15, 0.2) is 36.5 Å². The maximum Gasteiger partial charge on any atom is 0.251 e. The number of aromatic nitrogens is 5. The maximum atomic E-state index is 14.9. The number of amides is 1. The predicted octanol–water partition coefficient (Wildman–Crippen LogP) is 5.08. The number of anilines is 2. The van der Waals surface area contributed by atoms with Gasteiger partial charge in [-0.15, -0.1) is 5.10 Å². The normalized spacial score (nSPS) is 13.2. The first kappa shape index (κ1) is 22.5. The summed E-state index contributed by atoms with van der Waals surface area (Å²) in [4.78, 5) is 16.9. The number of benzene rings is 2. The SMILES string of the molecule is CCNC(=O)c1ccc(-c2nc(Nc3ccc4[nH]ncc4c3Cl)n(C)n2)cc1C(C)(F)I. The number of aryl methyl sites for hydroxylation is 1. The van der Waals surface area contributed by atoms with Crippen LogP contribution in [0.25, 0.3) is 22.3 Å². The van der Waals surface area contributed by atoms with E-state index in [1.54, 1.807) is 58.7 Å². The van der Waals surface area contributed by atoms with Crippen molar-refractivity contribution < 1.29 is 9.18 Å². The number of H-pyrrole nitrogens is 1. The van der Waals surface area contributed by atoms with Crippen LogP contribution in [-0.4, -0.2) is 37.4 Å². The van der Waals surface area contributed by atoms with Gasteiger partial charge in [0.1, 0.15) is 0 Å². The van der Waals surface area contributed by atoms with Crippen LogP contribution in [0, 0.1) is 0 Å².